The molecule has 3 heterocycles. The van der Waals surface area contributed by atoms with Crippen molar-refractivity contribution in [3.05, 3.63) is 45.4 Å². The molecule has 4 N–H and O–H groups in total. The Kier molecular flexibility index (Phi) is 6.53. The molecule has 0 saturated carbocycles. The maximum atomic E-state index is 12.7. The molecule has 8 nitrogen and oxygen atoms in total. The summed E-state index contributed by atoms with van der Waals surface area (Å²) in [5.74, 6) is 0.104. The predicted molar refractivity (Wildman–Crippen MR) is 113 cm³/mol. The highest BCUT2D eigenvalue weighted by Crippen LogP contribution is 2.26. The van der Waals surface area contributed by atoms with E-state index in [1.165, 1.54) is 11.3 Å². The second kappa shape index (κ2) is 8.89. The first-order valence-corrected chi connectivity index (χ1v) is 10.6. The van der Waals surface area contributed by atoms with Gasteiger partial charge in [0.1, 0.15) is 4.83 Å². The normalized spacial score (nSPS) is 16.5. The summed E-state index contributed by atoms with van der Waals surface area (Å²) < 4.78 is 2.56. The van der Waals surface area contributed by atoms with Crippen LogP contribution in [0.1, 0.15) is 31.1 Å². The molecule has 1 unspecified atom stereocenters. The van der Waals surface area contributed by atoms with Crippen molar-refractivity contribution in [1.29, 1.82) is 0 Å². The minimum Gasteiger partial charge on any atom is -0.381 e. The number of aromatic nitrogens is 2. The van der Waals surface area contributed by atoms with Gasteiger partial charge in [-0.25, -0.2) is 4.52 Å². The van der Waals surface area contributed by atoms with Crippen LogP contribution >= 0.6 is 27.3 Å². The lowest BCUT2D eigenvalue weighted by atomic mass is 10.1. The molecule has 1 aliphatic rings. The molecular weight excluding hydrogens is 444 g/mol. The van der Waals surface area contributed by atoms with Gasteiger partial charge < -0.3 is 21.3 Å². The Bertz CT molecular complexity index is 945. The van der Waals surface area contributed by atoms with E-state index >= 15 is 0 Å². The number of fused-ring (bicyclic) bond motifs is 1. The third-order valence-electron chi connectivity index (χ3n) is 4.06. The Morgan fingerprint density at radius 1 is 1.39 bits per heavy atom. The average Bonchev–Trinajstić information content (AvgIpc) is 3.16. The number of nitrogens with zero attached hydrogens (tertiary/aromatic N) is 2. The zero-order chi connectivity index (χ0) is 20.3. The fraction of sp³-hybridized carbons (Fsp3) is 0.389. The minimum absolute atomic E-state index is 0.0928. The minimum atomic E-state index is -0.240. The summed E-state index contributed by atoms with van der Waals surface area (Å²) in [4.78, 5) is 25.5. The number of dihydropyridines is 1. The molecule has 1 atom stereocenters. The first-order valence-electron chi connectivity index (χ1n) is 8.96. The Labute approximate surface area is 175 Å². The zero-order valence-electron chi connectivity index (χ0n) is 15.9. The number of hydrogen-bond acceptors (Lipinski definition) is 6. The van der Waals surface area contributed by atoms with Gasteiger partial charge in [-0.05, 0) is 41.4 Å². The average molecular weight is 467 g/mol. The van der Waals surface area contributed by atoms with Gasteiger partial charge in [-0.1, -0.05) is 13.8 Å². The van der Waals surface area contributed by atoms with E-state index in [9.17, 15) is 9.59 Å². The number of carbonyl (C=O) groups excluding carboxylic acids is 2. The molecule has 0 saturated heterocycles. The van der Waals surface area contributed by atoms with Crippen LogP contribution in [0.25, 0.3) is 4.83 Å². The Morgan fingerprint density at radius 3 is 2.93 bits per heavy atom. The summed E-state index contributed by atoms with van der Waals surface area (Å²) in [6.07, 6.45) is 6.86. The predicted octanol–water partition coefficient (Wildman–Crippen LogP) is 1.97. The number of allylic oxidation sites excluding steroid dienone is 1. The molecule has 1 aliphatic heterocycles. The number of amides is 2. The largest absolute Gasteiger partial charge is 0.381 e. The van der Waals surface area contributed by atoms with Crippen molar-refractivity contribution in [2.75, 3.05) is 13.1 Å². The number of nitrogens with one attached hydrogen (secondary N) is 4. The third kappa shape index (κ3) is 5.00. The molecule has 28 heavy (non-hydrogen) atoms. The molecule has 0 aromatic carbocycles. The molecule has 0 aliphatic carbocycles. The standard InChI is InChI=1S/C18H23BrN6O2S/c1-10(2)5-20-8-16(26)23-12-4-14(11(3)21-6-12)24-17(27)13-7-22-25-9-15(19)28-18(13)25/h4,6-7,9-11,20-21H,5,8H2,1-3H3,(H,23,26)(H,24,27). The van der Waals surface area contributed by atoms with Crippen LogP contribution in [0, 0.1) is 5.92 Å². The first kappa shape index (κ1) is 20.6. The highest BCUT2D eigenvalue weighted by Gasteiger charge is 2.20. The summed E-state index contributed by atoms with van der Waals surface area (Å²) in [7, 11) is 0. The fourth-order valence-corrected chi connectivity index (χ4v) is 4.09. The van der Waals surface area contributed by atoms with Crippen LogP contribution in [-0.4, -0.2) is 40.6 Å². The topological polar surface area (TPSA) is 99.6 Å². The van der Waals surface area contributed by atoms with Gasteiger partial charge in [0.05, 0.1) is 40.0 Å². The molecular formula is C18H23BrN6O2S. The van der Waals surface area contributed by atoms with E-state index < -0.39 is 0 Å². The molecule has 0 bridgehead atoms. The second-order valence-electron chi connectivity index (χ2n) is 6.96. The first-order chi connectivity index (χ1) is 13.3. The number of halogens is 1. The van der Waals surface area contributed by atoms with Gasteiger partial charge in [0.2, 0.25) is 5.91 Å². The molecule has 2 amide bonds. The maximum absolute atomic E-state index is 12.7. The molecule has 2 aromatic rings. The van der Waals surface area contributed by atoms with Crippen molar-refractivity contribution < 1.29 is 9.59 Å². The van der Waals surface area contributed by atoms with Gasteiger partial charge in [-0.2, -0.15) is 5.10 Å². The van der Waals surface area contributed by atoms with Crippen LogP contribution in [0.3, 0.4) is 0 Å². The smallest absolute Gasteiger partial charge is 0.260 e. The van der Waals surface area contributed by atoms with Gasteiger partial charge in [0.25, 0.3) is 5.91 Å². The van der Waals surface area contributed by atoms with E-state index in [0.717, 1.165) is 15.2 Å². The van der Waals surface area contributed by atoms with Gasteiger partial charge in [0, 0.05) is 11.9 Å². The number of carbonyl (C=O) groups is 2. The van der Waals surface area contributed by atoms with Gasteiger partial charge >= 0.3 is 0 Å². The van der Waals surface area contributed by atoms with Crippen LogP contribution < -0.4 is 21.3 Å². The van der Waals surface area contributed by atoms with Crippen LogP contribution in [-0.2, 0) is 4.79 Å². The highest BCUT2D eigenvalue weighted by atomic mass is 79.9. The summed E-state index contributed by atoms with van der Waals surface area (Å²) in [6, 6.07) is -0.0928. The summed E-state index contributed by atoms with van der Waals surface area (Å²) in [5.41, 5.74) is 1.78. The van der Waals surface area contributed by atoms with Crippen molar-refractivity contribution in [3.8, 4) is 0 Å². The Balaban J connectivity index is 1.64. The van der Waals surface area contributed by atoms with Crippen molar-refractivity contribution in [1.82, 2.24) is 30.9 Å². The van der Waals surface area contributed by atoms with E-state index in [4.69, 9.17) is 0 Å². The van der Waals surface area contributed by atoms with Gasteiger partial charge in [0.15, 0.2) is 0 Å². The second-order valence-corrected chi connectivity index (χ2v) is 9.37. The van der Waals surface area contributed by atoms with E-state index in [0.29, 0.717) is 22.9 Å². The van der Waals surface area contributed by atoms with E-state index in [-0.39, 0.29) is 24.4 Å². The summed E-state index contributed by atoms with van der Waals surface area (Å²) in [6.45, 7) is 7.11. The van der Waals surface area contributed by atoms with Crippen molar-refractivity contribution in [2.24, 2.45) is 5.92 Å². The fourth-order valence-electron chi connectivity index (χ4n) is 2.65. The monoisotopic (exact) mass is 466 g/mol. The van der Waals surface area contributed by atoms with E-state index in [1.807, 2.05) is 13.1 Å². The van der Waals surface area contributed by atoms with Crippen LogP contribution in [0.5, 0.6) is 0 Å². The van der Waals surface area contributed by atoms with Crippen LogP contribution in [0.4, 0.5) is 0 Å². The highest BCUT2D eigenvalue weighted by molar-refractivity contribution is 9.11. The quantitative estimate of drug-likeness (QED) is 0.499. The summed E-state index contributed by atoms with van der Waals surface area (Å²) >= 11 is 4.84. The molecule has 10 heteroatoms. The number of thiazole rings is 1. The number of hydrogen-bond donors (Lipinski definition) is 4. The van der Waals surface area contributed by atoms with Crippen molar-refractivity contribution >= 4 is 43.9 Å². The SMILES string of the molecule is CC(C)CNCC(=O)NC1=CNC(C)C(NC(=O)c2cnn3cc(Br)sc23)=C1. The Hall–Kier alpha value is -2.17. The lowest BCUT2D eigenvalue weighted by Crippen LogP contribution is -2.40. The molecule has 150 valence electrons. The molecule has 3 rings (SSSR count). The zero-order valence-corrected chi connectivity index (χ0v) is 18.3. The number of rotatable bonds is 7. The lowest BCUT2D eigenvalue weighted by molar-refractivity contribution is -0.119. The van der Waals surface area contributed by atoms with E-state index in [2.05, 4.69) is 56.1 Å². The molecule has 2 aromatic heterocycles. The van der Waals surface area contributed by atoms with Crippen LogP contribution in [0.15, 0.2) is 39.9 Å². The lowest BCUT2D eigenvalue weighted by Gasteiger charge is -2.23. The van der Waals surface area contributed by atoms with E-state index in [1.54, 1.807) is 23.0 Å². The van der Waals surface area contributed by atoms with Gasteiger partial charge in [-0.3, -0.25) is 9.59 Å². The Morgan fingerprint density at radius 2 is 2.18 bits per heavy atom. The van der Waals surface area contributed by atoms with Crippen molar-refractivity contribution in [2.45, 2.75) is 26.8 Å². The maximum Gasteiger partial charge on any atom is 0.260 e. The van der Waals surface area contributed by atoms with Gasteiger partial charge in [-0.15, -0.1) is 11.3 Å². The van der Waals surface area contributed by atoms with Crippen molar-refractivity contribution in [3.63, 3.8) is 0 Å². The van der Waals surface area contributed by atoms with Crippen LogP contribution in [0.2, 0.25) is 0 Å². The molecule has 0 radical (unpaired) electrons. The molecule has 0 spiro atoms. The third-order valence-corrected chi connectivity index (χ3v) is 5.65. The summed E-state index contributed by atoms with van der Waals surface area (Å²) in [5, 5.41) is 16.2. The molecule has 0 fully saturated rings.